The lowest BCUT2D eigenvalue weighted by atomic mass is 10.2. The van der Waals surface area contributed by atoms with Gasteiger partial charge in [-0.1, -0.05) is 6.42 Å². The van der Waals surface area contributed by atoms with Crippen molar-refractivity contribution in [3.05, 3.63) is 29.8 Å². The Morgan fingerprint density at radius 1 is 1.10 bits per heavy atom. The molecule has 2 aliphatic rings. The van der Waals surface area contributed by atoms with Gasteiger partial charge in [0, 0.05) is 19.1 Å². The van der Waals surface area contributed by atoms with E-state index in [-0.39, 0.29) is 22.0 Å². The highest BCUT2D eigenvalue weighted by atomic mass is 32.2. The Morgan fingerprint density at radius 2 is 1.76 bits per heavy atom. The molecule has 2 aliphatic heterocycles. The van der Waals surface area contributed by atoms with Crippen molar-refractivity contribution < 1.29 is 31.2 Å². The summed E-state index contributed by atoms with van der Waals surface area (Å²) >= 11 is 0. The summed E-state index contributed by atoms with van der Waals surface area (Å²) in [5.41, 5.74) is 0.124. The van der Waals surface area contributed by atoms with E-state index in [2.05, 4.69) is 5.32 Å². The van der Waals surface area contributed by atoms with Crippen molar-refractivity contribution in [1.29, 1.82) is 0 Å². The lowest BCUT2D eigenvalue weighted by molar-refractivity contribution is -0.124. The predicted molar refractivity (Wildman–Crippen MR) is 105 cm³/mol. The van der Waals surface area contributed by atoms with Gasteiger partial charge in [-0.3, -0.25) is 4.79 Å². The number of sulfonamides is 1. The summed E-state index contributed by atoms with van der Waals surface area (Å²) in [6, 6.07) is 4.93. The zero-order chi connectivity index (χ0) is 21.1. The SMILES string of the molecule is O=C(COC(=O)c1ccc(S(=O)(=O)N2CCCCC2)cc1)NC1CCS(=O)(=O)C1. The number of sulfone groups is 1. The number of ether oxygens (including phenoxy) is 1. The summed E-state index contributed by atoms with van der Waals surface area (Å²) < 4.78 is 54.4. The largest absolute Gasteiger partial charge is 0.452 e. The summed E-state index contributed by atoms with van der Waals surface area (Å²) in [5, 5.41) is 2.53. The number of benzene rings is 1. The molecular formula is C18H24N2O7S2. The summed E-state index contributed by atoms with van der Waals surface area (Å²) in [5.74, 6) is -1.42. The van der Waals surface area contributed by atoms with Crippen LogP contribution in [0.5, 0.6) is 0 Å². The zero-order valence-corrected chi connectivity index (χ0v) is 17.5. The lowest BCUT2D eigenvalue weighted by Crippen LogP contribution is -2.38. The number of nitrogens with one attached hydrogen (secondary N) is 1. The molecule has 3 rings (SSSR count). The maximum Gasteiger partial charge on any atom is 0.338 e. The van der Waals surface area contributed by atoms with Crippen LogP contribution >= 0.6 is 0 Å². The Labute approximate surface area is 170 Å². The number of nitrogens with zero attached hydrogens (tertiary/aromatic N) is 1. The maximum atomic E-state index is 12.6. The van der Waals surface area contributed by atoms with Crippen molar-refractivity contribution in [2.24, 2.45) is 0 Å². The molecule has 1 atom stereocenters. The fourth-order valence-electron chi connectivity index (χ4n) is 3.41. The van der Waals surface area contributed by atoms with Gasteiger partial charge in [0.2, 0.25) is 10.0 Å². The molecule has 1 unspecified atom stereocenters. The standard InChI is InChI=1S/C18H24N2O7S2/c21-17(19-15-8-11-28(23,24)13-15)12-27-18(22)14-4-6-16(7-5-14)29(25,26)20-9-2-1-3-10-20/h4-7,15H,1-3,8-13H2,(H,19,21). The molecular weight excluding hydrogens is 420 g/mol. The van der Waals surface area contributed by atoms with Gasteiger partial charge in [0.15, 0.2) is 16.4 Å². The van der Waals surface area contributed by atoms with Gasteiger partial charge in [-0.15, -0.1) is 0 Å². The second-order valence-corrected chi connectivity index (χ2v) is 11.4. The van der Waals surface area contributed by atoms with Crippen LogP contribution in [0.4, 0.5) is 0 Å². The molecule has 1 aromatic rings. The number of carbonyl (C=O) groups excluding carboxylic acids is 2. The Morgan fingerprint density at radius 3 is 2.34 bits per heavy atom. The van der Waals surface area contributed by atoms with Gasteiger partial charge in [-0.2, -0.15) is 4.31 Å². The quantitative estimate of drug-likeness (QED) is 0.626. The molecule has 2 saturated heterocycles. The summed E-state index contributed by atoms with van der Waals surface area (Å²) in [6.45, 7) is 0.441. The van der Waals surface area contributed by atoms with E-state index in [9.17, 15) is 26.4 Å². The molecule has 9 nitrogen and oxygen atoms in total. The monoisotopic (exact) mass is 444 g/mol. The topological polar surface area (TPSA) is 127 Å². The molecule has 11 heteroatoms. The normalized spacial score (nSPS) is 22.1. The average molecular weight is 445 g/mol. The van der Waals surface area contributed by atoms with Crippen LogP contribution in [0.25, 0.3) is 0 Å². The van der Waals surface area contributed by atoms with Crippen molar-refractivity contribution >= 4 is 31.7 Å². The molecule has 0 aromatic heterocycles. The summed E-state index contributed by atoms with van der Waals surface area (Å²) in [7, 11) is -6.70. The summed E-state index contributed by atoms with van der Waals surface area (Å²) in [4.78, 5) is 24.0. The fourth-order valence-corrected chi connectivity index (χ4v) is 6.60. The first-order valence-electron chi connectivity index (χ1n) is 9.44. The first-order valence-corrected chi connectivity index (χ1v) is 12.7. The van der Waals surface area contributed by atoms with E-state index < -0.39 is 44.4 Å². The van der Waals surface area contributed by atoms with Crippen LogP contribution in [-0.4, -0.2) is 70.3 Å². The predicted octanol–water partition coefficient (Wildman–Crippen LogP) is 0.321. The molecule has 2 heterocycles. The number of esters is 1. The van der Waals surface area contributed by atoms with E-state index in [1.807, 2.05) is 0 Å². The number of carbonyl (C=O) groups is 2. The van der Waals surface area contributed by atoms with Crippen molar-refractivity contribution in [2.45, 2.75) is 36.6 Å². The molecule has 0 spiro atoms. The van der Waals surface area contributed by atoms with E-state index in [0.29, 0.717) is 19.5 Å². The molecule has 1 amide bonds. The minimum atomic E-state index is -3.59. The molecule has 0 aliphatic carbocycles. The molecule has 0 bridgehead atoms. The van der Waals surface area contributed by atoms with E-state index in [4.69, 9.17) is 4.74 Å². The van der Waals surface area contributed by atoms with E-state index in [1.54, 1.807) is 0 Å². The van der Waals surface area contributed by atoms with Crippen LogP contribution in [0.3, 0.4) is 0 Å². The number of hydrogen-bond acceptors (Lipinski definition) is 7. The smallest absolute Gasteiger partial charge is 0.338 e. The highest BCUT2D eigenvalue weighted by molar-refractivity contribution is 7.91. The van der Waals surface area contributed by atoms with E-state index >= 15 is 0 Å². The maximum absolute atomic E-state index is 12.6. The second kappa shape index (κ2) is 8.80. The van der Waals surface area contributed by atoms with Gasteiger partial charge in [0.05, 0.1) is 22.0 Å². The van der Waals surface area contributed by atoms with Crippen LogP contribution in [0.15, 0.2) is 29.2 Å². The van der Waals surface area contributed by atoms with Crippen LogP contribution in [0.2, 0.25) is 0 Å². The Hall–Kier alpha value is -1.98. The van der Waals surface area contributed by atoms with Gasteiger partial charge < -0.3 is 10.1 Å². The van der Waals surface area contributed by atoms with Crippen molar-refractivity contribution in [3.63, 3.8) is 0 Å². The molecule has 1 N–H and O–H groups in total. The average Bonchev–Trinajstić information content (AvgIpc) is 3.05. The Bertz CT molecular complexity index is 966. The van der Waals surface area contributed by atoms with Gasteiger partial charge >= 0.3 is 5.97 Å². The third-order valence-electron chi connectivity index (χ3n) is 4.97. The second-order valence-electron chi connectivity index (χ2n) is 7.23. The fraction of sp³-hybridized carbons (Fsp3) is 0.556. The van der Waals surface area contributed by atoms with Gasteiger partial charge in [-0.05, 0) is 43.5 Å². The van der Waals surface area contributed by atoms with Crippen LogP contribution in [0.1, 0.15) is 36.0 Å². The molecule has 0 saturated carbocycles. The minimum absolute atomic E-state index is 0.0322. The molecule has 0 radical (unpaired) electrons. The Kier molecular flexibility index (Phi) is 6.59. The number of amides is 1. The van der Waals surface area contributed by atoms with Crippen molar-refractivity contribution in [1.82, 2.24) is 9.62 Å². The molecule has 160 valence electrons. The number of hydrogen-bond donors (Lipinski definition) is 1. The third-order valence-corrected chi connectivity index (χ3v) is 8.66. The lowest BCUT2D eigenvalue weighted by Gasteiger charge is -2.25. The molecule has 1 aromatic carbocycles. The van der Waals surface area contributed by atoms with Crippen LogP contribution < -0.4 is 5.32 Å². The van der Waals surface area contributed by atoms with E-state index in [1.165, 1.54) is 28.6 Å². The first kappa shape index (κ1) is 21.7. The van der Waals surface area contributed by atoms with Gasteiger partial charge in [0.25, 0.3) is 5.91 Å². The van der Waals surface area contributed by atoms with Crippen molar-refractivity contribution in [2.75, 3.05) is 31.2 Å². The highest BCUT2D eigenvalue weighted by Gasteiger charge is 2.29. The minimum Gasteiger partial charge on any atom is -0.452 e. The van der Waals surface area contributed by atoms with E-state index in [0.717, 1.165) is 19.3 Å². The third kappa shape index (κ3) is 5.55. The van der Waals surface area contributed by atoms with Crippen LogP contribution in [0, 0.1) is 0 Å². The molecule has 29 heavy (non-hydrogen) atoms. The Balaban J connectivity index is 1.53. The number of rotatable bonds is 6. The first-order chi connectivity index (χ1) is 13.7. The number of piperidine rings is 1. The van der Waals surface area contributed by atoms with Gasteiger partial charge in [-0.25, -0.2) is 21.6 Å². The van der Waals surface area contributed by atoms with Crippen molar-refractivity contribution in [3.8, 4) is 0 Å². The zero-order valence-electron chi connectivity index (χ0n) is 15.9. The molecule has 2 fully saturated rings. The van der Waals surface area contributed by atoms with Gasteiger partial charge in [0.1, 0.15) is 0 Å². The summed E-state index contributed by atoms with van der Waals surface area (Å²) in [6.07, 6.45) is 3.02. The highest BCUT2D eigenvalue weighted by Crippen LogP contribution is 2.21. The van der Waals surface area contributed by atoms with Crippen LogP contribution in [-0.2, 0) is 29.4 Å².